The summed E-state index contributed by atoms with van der Waals surface area (Å²) < 4.78 is 51.7. The van der Waals surface area contributed by atoms with Gasteiger partial charge < -0.3 is 9.47 Å². The highest BCUT2D eigenvalue weighted by Gasteiger charge is 2.21. The minimum absolute atomic E-state index is 0.0788. The van der Waals surface area contributed by atoms with Gasteiger partial charge in [0.2, 0.25) is 0 Å². The maximum absolute atomic E-state index is 13.4. The summed E-state index contributed by atoms with van der Waals surface area (Å²) in [6, 6.07) is 10.0. The van der Waals surface area contributed by atoms with Crippen LogP contribution in [0.4, 0.5) is 10.1 Å². The van der Waals surface area contributed by atoms with Gasteiger partial charge in [-0.3, -0.25) is 4.72 Å². The van der Waals surface area contributed by atoms with Gasteiger partial charge in [0.25, 0.3) is 10.0 Å². The monoisotopic (exact) mass is 365 g/mol. The summed E-state index contributed by atoms with van der Waals surface area (Å²) in [7, 11) is -2.63. The fraction of sp³-hybridized carbons (Fsp3) is 0.333. The van der Waals surface area contributed by atoms with Crippen molar-refractivity contribution in [3.8, 4) is 11.5 Å². The van der Waals surface area contributed by atoms with Gasteiger partial charge in [-0.05, 0) is 68.1 Å². The number of nitrogens with one attached hydrogen (secondary N) is 1. The second-order valence-electron chi connectivity index (χ2n) is 5.95. The van der Waals surface area contributed by atoms with Gasteiger partial charge in [0.05, 0.1) is 13.2 Å². The summed E-state index contributed by atoms with van der Waals surface area (Å²) in [5.41, 5.74) is 0.366. The van der Waals surface area contributed by atoms with Crippen molar-refractivity contribution < 1.29 is 22.3 Å². The number of hydrogen-bond donors (Lipinski definition) is 1. The summed E-state index contributed by atoms with van der Waals surface area (Å²) in [5.74, 6) is 0.134. The molecule has 7 heteroatoms. The number of sulfonamides is 1. The fourth-order valence-electron chi connectivity index (χ4n) is 2.87. The first-order valence-electron chi connectivity index (χ1n) is 8.11. The zero-order valence-corrected chi connectivity index (χ0v) is 14.7. The van der Waals surface area contributed by atoms with Crippen LogP contribution in [0.2, 0.25) is 0 Å². The Balaban J connectivity index is 1.75. The third-order valence-corrected chi connectivity index (χ3v) is 5.53. The molecule has 25 heavy (non-hydrogen) atoms. The Hall–Kier alpha value is -2.28. The van der Waals surface area contributed by atoms with E-state index >= 15 is 0 Å². The standard InChI is InChI=1S/C18H20FNO4S/c1-23-17-11-6-13(19)12-18(17)25(21,22)20-14-7-9-16(10-8-14)24-15-4-2-3-5-15/h6-12,15,20H,2-5H2,1H3. The van der Waals surface area contributed by atoms with E-state index in [4.69, 9.17) is 9.47 Å². The van der Waals surface area contributed by atoms with E-state index in [1.54, 1.807) is 24.3 Å². The van der Waals surface area contributed by atoms with Gasteiger partial charge in [-0.1, -0.05) is 0 Å². The summed E-state index contributed by atoms with van der Waals surface area (Å²) in [6.07, 6.45) is 4.69. The first-order valence-corrected chi connectivity index (χ1v) is 9.59. The molecule has 1 N–H and O–H groups in total. The molecule has 1 aliphatic carbocycles. The van der Waals surface area contributed by atoms with Gasteiger partial charge in [-0.25, -0.2) is 12.8 Å². The Morgan fingerprint density at radius 3 is 2.40 bits per heavy atom. The van der Waals surface area contributed by atoms with Gasteiger partial charge in [-0.15, -0.1) is 0 Å². The highest BCUT2D eigenvalue weighted by Crippen LogP contribution is 2.28. The number of ether oxygens (including phenoxy) is 2. The normalized spacial score (nSPS) is 15.1. The van der Waals surface area contributed by atoms with Crippen LogP contribution in [0.25, 0.3) is 0 Å². The number of rotatable bonds is 6. The molecule has 0 aromatic heterocycles. The molecule has 1 saturated carbocycles. The van der Waals surface area contributed by atoms with Crippen LogP contribution in [-0.4, -0.2) is 21.6 Å². The molecule has 0 amide bonds. The second kappa shape index (κ2) is 7.31. The molecule has 2 aromatic carbocycles. The molecule has 0 radical (unpaired) electrons. The third-order valence-electron chi connectivity index (χ3n) is 4.13. The molecule has 0 saturated heterocycles. The first kappa shape index (κ1) is 17.5. The molecular formula is C18H20FNO4S. The zero-order valence-electron chi connectivity index (χ0n) is 13.9. The molecule has 0 bridgehead atoms. The minimum Gasteiger partial charge on any atom is -0.495 e. The fourth-order valence-corrected chi connectivity index (χ4v) is 4.11. The summed E-state index contributed by atoms with van der Waals surface area (Å²) >= 11 is 0. The lowest BCUT2D eigenvalue weighted by Gasteiger charge is -2.14. The van der Waals surface area contributed by atoms with E-state index in [1.807, 2.05) is 0 Å². The lowest BCUT2D eigenvalue weighted by Crippen LogP contribution is -2.14. The summed E-state index contributed by atoms with van der Waals surface area (Å²) in [4.78, 5) is -0.249. The Kier molecular flexibility index (Phi) is 5.13. The predicted octanol–water partition coefficient (Wildman–Crippen LogP) is 3.96. The minimum atomic E-state index is -3.97. The van der Waals surface area contributed by atoms with Crippen molar-refractivity contribution in [2.45, 2.75) is 36.7 Å². The molecule has 2 aromatic rings. The molecule has 0 aliphatic heterocycles. The molecular weight excluding hydrogens is 345 g/mol. The van der Waals surface area contributed by atoms with Crippen molar-refractivity contribution in [1.82, 2.24) is 0 Å². The molecule has 5 nitrogen and oxygen atoms in total. The van der Waals surface area contributed by atoms with Crippen LogP contribution in [0, 0.1) is 5.82 Å². The molecule has 0 spiro atoms. The van der Waals surface area contributed by atoms with Gasteiger partial charge in [0.15, 0.2) is 0 Å². The highest BCUT2D eigenvalue weighted by molar-refractivity contribution is 7.92. The predicted molar refractivity (Wildman–Crippen MR) is 93.1 cm³/mol. The number of anilines is 1. The van der Waals surface area contributed by atoms with Gasteiger partial charge in [0, 0.05) is 5.69 Å². The number of halogens is 1. The van der Waals surface area contributed by atoms with Gasteiger partial charge >= 0.3 is 0 Å². The smallest absolute Gasteiger partial charge is 0.265 e. The van der Waals surface area contributed by atoms with E-state index in [0.717, 1.165) is 25.0 Å². The Labute approximate surface area is 146 Å². The van der Waals surface area contributed by atoms with E-state index < -0.39 is 15.8 Å². The van der Waals surface area contributed by atoms with E-state index in [-0.39, 0.29) is 16.7 Å². The van der Waals surface area contributed by atoms with Crippen molar-refractivity contribution >= 4 is 15.7 Å². The average molecular weight is 365 g/mol. The van der Waals surface area contributed by atoms with E-state index in [9.17, 15) is 12.8 Å². The lowest BCUT2D eigenvalue weighted by atomic mass is 10.3. The van der Waals surface area contributed by atoms with E-state index in [1.165, 1.54) is 26.0 Å². The molecule has 0 atom stereocenters. The Morgan fingerprint density at radius 2 is 1.76 bits per heavy atom. The van der Waals surface area contributed by atoms with Crippen molar-refractivity contribution in [2.75, 3.05) is 11.8 Å². The molecule has 1 fully saturated rings. The molecule has 3 rings (SSSR count). The molecule has 0 unspecified atom stereocenters. The third kappa shape index (κ3) is 4.22. The molecule has 0 heterocycles. The second-order valence-corrected chi connectivity index (χ2v) is 7.60. The number of benzene rings is 2. The molecule has 1 aliphatic rings. The van der Waals surface area contributed by atoms with Crippen molar-refractivity contribution in [3.63, 3.8) is 0 Å². The van der Waals surface area contributed by atoms with Crippen molar-refractivity contribution in [3.05, 3.63) is 48.3 Å². The van der Waals surface area contributed by atoms with E-state index in [2.05, 4.69) is 4.72 Å². The Bertz CT molecular complexity index is 831. The number of hydrogen-bond acceptors (Lipinski definition) is 4. The lowest BCUT2D eigenvalue weighted by molar-refractivity contribution is 0.210. The molecule has 134 valence electrons. The largest absolute Gasteiger partial charge is 0.495 e. The van der Waals surface area contributed by atoms with Crippen LogP contribution < -0.4 is 14.2 Å². The van der Waals surface area contributed by atoms with Crippen LogP contribution in [0.15, 0.2) is 47.4 Å². The van der Waals surface area contributed by atoms with E-state index in [0.29, 0.717) is 11.4 Å². The zero-order chi connectivity index (χ0) is 17.9. The number of methoxy groups -OCH3 is 1. The maximum atomic E-state index is 13.4. The first-order chi connectivity index (χ1) is 12.0. The maximum Gasteiger partial charge on any atom is 0.265 e. The summed E-state index contributed by atoms with van der Waals surface area (Å²) in [5, 5.41) is 0. The highest BCUT2D eigenvalue weighted by atomic mass is 32.2. The van der Waals surface area contributed by atoms with Crippen molar-refractivity contribution in [2.24, 2.45) is 0 Å². The topological polar surface area (TPSA) is 64.6 Å². The van der Waals surface area contributed by atoms with Crippen LogP contribution in [0.5, 0.6) is 11.5 Å². The van der Waals surface area contributed by atoms with Crippen LogP contribution in [-0.2, 0) is 10.0 Å². The average Bonchev–Trinajstić information content (AvgIpc) is 3.09. The van der Waals surface area contributed by atoms with Crippen molar-refractivity contribution in [1.29, 1.82) is 0 Å². The SMILES string of the molecule is COc1ccc(F)cc1S(=O)(=O)Nc1ccc(OC2CCCC2)cc1. The van der Waals surface area contributed by atoms with Crippen LogP contribution >= 0.6 is 0 Å². The quantitative estimate of drug-likeness (QED) is 0.842. The Morgan fingerprint density at radius 1 is 1.08 bits per heavy atom. The van der Waals surface area contributed by atoms with Gasteiger partial charge in [-0.2, -0.15) is 0 Å². The van der Waals surface area contributed by atoms with Crippen LogP contribution in [0.1, 0.15) is 25.7 Å². The van der Waals surface area contributed by atoms with Crippen LogP contribution in [0.3, 0.4) is 0 Å². The summed E-state index contributed by atoms with van der Waals surface area (Å²) in [6.45, 7) is 0. The van der Waals surface area contributed by atoms with Gasteiger partial charge in [0.1, 0.15) is 22.2 Å².